The minimum atomic E-state index is -0.983. The zero-order chi connectivity index (χ0) is 36.6. The number of benzene rings is 2. The maximum Gasteiger partial charge on any atom is 0.410 e. The molecule has 268 valence electrons. The lowest BCUT2D eigenvalue weighted by Gasteiger charge is -2.29. The minimum absolute atomic E-state index is 0.0381. The Kier molecular flexibility index (Phi) is 12.9. The van der Waals surface area contributed by atoms with Crippen molar-refractivity contribution in [3.63, 3.8) is 0 Å². The van der Waals surface area contributed by atoms with Crippen molar-refractivity contribution in [2.45, 2.75) is 78.1 Å². The molecule has 2 heterocycles. The molecular weight excluding hydrogens is 632 g/mol. The summed E-state index contributed by atoms with van der Waals surface area (Å²) in [5.41, 5.74) is 2.06. The van der Waals surface area contributed by atoms with E-state index in [1.54, 1.807) is 50.8 Å². The average molecular weight is 683 g/mol. The first-order chi connectivity index (χ1) is 22.7. The first-order valence-electron chi connectivity index (χ1n) is 16.3. The molecule has 49 heavy (non-hydrogen) atoms. The van der Waals surface area contributed by atoms with E-state index in [-0.39, 0.29) is 30.6 Å². The third-order valence-corrected chi connectivity index (χ3v) is 7.48. The largest absolute Gasteiger partial charge is 0.444 e. The first kappa shape index (κ1) is 38.9. The number of nitro benzene ring substituents is 2. The highest BCUT2D eigenvalue weighted by molar-refractivity contribution is 5.76. The van der Waals surface area contributed by atoms with Crippen LogP contribution in [0.15, 0.2) is 48.6 Å². The number of rotatable bonds is 10. The fourth-order valence-electron chi connectivity index (χ4n) is 5.00. The van der Waals surface area contributed by atoms with Gasteiger partial charge in [0, 0.05) is 44.9 Å². The second-order valence-corrected chi connectivity index (χ2v) is 14.4. The Morgan fingerprint density at radius 1 is 0.837 bits per heavy atom. The first-order valence-corrected chi connectivity index (χ1v) is 16.3. The van der Waals surface area contributed by atoms with Gasteiger partial charge in [0.1, 0.15) is 17.0 Å². The van der Waals surface area contributed by atoms with E-state index in [9.17, 15) is 35.2 Å². The number of carbonyl (C=O) groups is 1. The van der Waals surface area contributed by atoms with Gasteiger partial charge in [0.15, 0.2) is 0 Å². The molecule has 5 N–H and O–H groups in total. The molecule has 2 aromatic carbocycles. The molecule has 2 aromatic rings. The molecule has 0 aromatic heterocycles. The number of nitrogens with one attached hydrogen (secondary N) is 3. The Labute approximate surface area is 287 Å². The van der Waals surface area contributed by atoms with Crippen LogP contribution in [0, 0.1) is 20.2 Å². The lowest BCUT2D eigenvalue weighted by atomic mass is 9.98. The molecule has 4 rings (SSSR count). The summed E-state index contributed by atoms with van der Waals surface area (Å²) in [6.07, 6.45) is 5.06. The van der Waals surface area contributed by atoms with Crippen molar-refractivity contribution in [3.8, 4) is 0 Å². The number of nitro groups is 2. The number of ether oxygens (including phenoxy) is 1. The molecule has 14 heteroatoms. The van der Waals surface area contributed by atoms with Crippen LogP contribution < -0.4 is 16.0 Å². The van der Waals surface area contributed by atoms with E-state index in [4.69, 9.17) is 4.74 Å². The van der Waals surface area contributed by atoms with Crippen molar-refractivity contribution in [3.05, 3.63) is 79.9 Å². The summed E-state index contributed by atoms with van der Waals surface area (Å²) in [5, 5.41) is 51.4. The predicted molar refractivity (Wildman–Crippen MR) is 192 cm³/mol. The number of carbonyl (C=O) groups excluding carboxylic acids is 1. The van der Waals surface area contributed by atoms with Gasteiger partial charge in [0.25, 0.3) is 11.4 Å². The summed E-state index contributed by atoms with van der Waals surface area (Å²) in [6.45, 7) is 15.0. The third-order valence-electron chi connectivity index (χ3n) is 7.48. The van der Waals surface area contributed by atoms with E-state index in [1.165, 1.54) is 6.07 Å². The predicted octanol–water partition coefficient (Wildman–Crippen LogP) is 5.96. The molecule has 2 aliphatic rings. The highest BCUT2D eigenvalue weighted by atomic mass is 16.6. The highest BCUT2D eigenvalue weighted by Crippen LogP contribution is 2.32. The molecule has 0 fully saturated rings. The quantitative estimate of drug-likeness (QED) is 0.147. The molecule has 0 saturated heterocycles. The lowest BCUT2D eigenvalue weighted by Crippen LogP contribution is -2.39. The van der Waals surface area contributed by atoms with E-state index in [0.717, 1.165) is 41.8 Å². The van der Waals surface area contributed by atoms with Crippen molar-refractivity contribution < 1.29 is 29.6 Å². The van der Waals surface area contributed by atoms with Gasteiger partial charge in [-0.15, -0.1) is 0 Å². The fraction of sp³-hybridized carbons (Fsp3) is 0.514. The molecule has 0 atom stereocenters. The minimum Gasteiger partial charge on any atom is -0.444 e. The summed E-state index contributed by atoms with van der Waals surface area (Å²) in [7, 11) is 0. The smallest absolute Gasteiger partial charge is 0.410 e. The van der Waals surface area contributed by atoms with E-state index in [1.807, 2.05) is 39.0 Å². The molecule has 0 bridgehead atoms. The zero-order valence-electron chi connectivity index (χ0n) is 29.5. The molecule has 0 radical (unpaired) electrons. The van der Waals surface area contributed by atoms with Gasteiger partial charge in [0.05, 0.1) is 21.0 Å². The van der Waals surface area contributed by atoms with Crippen LogP contribution in [-0.4, -0.2) is 87.1 Å². The molecule has 0 aliphatic carbocycles. The second kappa shape index (κ2) is 16.2. The Hall–Kier alpha value is -4.53. The maximum atomic E-state index is 12.2. The summed E-state index contributed by atoms with van der Waals surface area (Å²) < 4.78 is 5.38. The van der Waals surface area contributed by atoms with Crippen LogP contribution in [0.25, 0.3) is 11.1 Å². The van der Waals surface area contributed by atoms with Crippen molar-refractivity contribution in [1.29, 1.82) is 0 Å². The molecule has 1 amide bonds. The summed E-state index contributed by atoms with van der Waals surface area (Å²) in [6, 6.07) is 10.2. The van der Waals surface area contributed by atoms with Gasteiger partial charge in [0.2, 0.25) is 0 Å². The number of hydrogen-bond acceptors (Lipinski definition) is 11. The Bertz CT molecular complexity index is 1570. The summed E-state index contributed by atoms with van der Waals surface area (Å²) in [5.74, 6) is 0. The monoisotopic (exact) mass is 682 g/mol. The van der Waals surface area contributed by atoms with E-state index < -0.39 is 26.6 Å². The van der Waals surface area contributed by atoms with Crippen LogP contribution in [0.3, 0.4) is 0 Å². The molecular formula is C35H50N6O8. The topological polar surface area (TPSA) is 192 Å². The van der Waals surface area contributed by atoms with Crippen LogP contribution in [0.1, 0.15) is 72.4 Å². The van der Waals surface area contributed by atoms with Crippen molar-refractivity contribution in [1.82, 2.24) is 10.2 Å². The second-order valence-electron chi connectivity index (χ2n) is 14.4. The van der Waals surface area contributed by atoms with E-state index >= 15 is 0 Å². The van der Waals surface area contributed by atoms with Gasteiger partial charge in [-0.05, 0) is 102 Å². The number of amides is 1. The van der Waals surface area contributed by atoms with Gasteiger partial charge in [-0.3, -0.25) is 20.2 Å². The standard InChI is InChI=1S/C20H29N3O5.C15H21N3O3/c1-19(2,3)28-18(24)22-10-8-14(9-11-22)15-6-7-16(17(12-15)23(26)27)21-13-20(4,5)25;1-15(2,19)10-17-13-4-3-12(9-14(13)18(20)21)11-5-7-16-8-6-11/h6-8,12,21,25H,9-11,13H2,1-5H3;3-5,9,16-17,19H,6-8,10H2,1-2H3. The highest BCUT2D eigenvalue weighted by Gasteiger charge is 2.25. The summed E-state index contributed by atoms with van der Waals surface area (Å²) >= 11 is 0. The van der Waals surface area contributed by atoms with Crippen LogP contribution >= 0.6 is 0 Å². The van der Waals surface area contributed by atoms with Gasteiger partial charge in [-0.25, -0.2) is 4.79 Å². The molecule has 0 saturated carbocycles. The Balaban J connectivity index is 0.000000276. The Morgan fingerprint density at radius 2 is 1.33 bits per heavy atom. The molecule has 2 aliphatic heterocycles. The van der Waals surface area contributed by atoms with Gasteiger partial charge >= 0.3 is 6.09 Å². The van der Waals surface area contributed by atoms with Crippen LogP contribution in [-0.2, 0) is 4.74 Å². The average Bonchev–Trinajstić information content (AvgIpc) is 3.02. The van der Waals surface area contributed by atoms with E-state index in [0.29, 0.717) is 30.9 Å². The number of nitrogens with zero attached hydrogens (tertiary/aromatic N) is 3. The van der Waals surface area contributed by atoms with E-state index in [2.05, 4.69) is 22.0 Å². The number of aliphatic hydroxyl groups is 2. The van der Waals surface area contributed by atoms with Crippen molar-refractivity contribution >= 4 is 40.0 Å². The molecule has 0 unspecified atom stereocenters. The van der Waals surface area contributed by atoms with Gasteiger partial charge < -0.3 is 35.8 Å². The number of anilines is 2. The van der Waals surface area contributed by atoms with Crippen molar-refractivity contribution in [2.24, 2.45) is 0 Å². The van der Waals surface area contributed by atoms with Gasteiger partial charge in [-0.2, -0.15) is 0 Å². The van der Waals surface area contributed by atoms with Crippen molar-refractivity contribution in [2.75, 3.05) is 49.9 Å². The third kappa shape index (κ3) is 12.8. The lowest BCUT2D eigenvalue weighted by molar-refractivity contribution is -0.384. The fourth-order valence-corrected chi connectivity index (χ4v) is 5.00. The van der Waals surface area contributed by atoms with Gasteiger partial charge in [-0.1, -0.05) is 24.3 Å². The van der Waals surface area contributed by atoms with Crippen LogP contribution in [0.5, 0.6) is 0 Å². The summed E-state index contributed by atoms with van der Waals surface area (Å²) in [4.78, 5) is 35.7. The molecule has 14 nitrogen and oxygen atoms in total. The zero-order valence-corrected chi connectivity index (χ0v) is 29.5. The van der Waals surface area contributed by atoms with Crippen LogP contribution in [0.2, 0.25) is 0 Å². The molecule has 0 spiro atoms. The maximum absolute atomic E-state index is 12.2. The SMILES string of the molecule is CC(C)(O)CNc1ccc(C2=CCN(C(=O)OC(C)(C)C)CC2)cc1[N+](=O)[O-].CC(C)(O)CNc1ccc(C2=CCNCC2)cc1[N+](=O)[O-]. The number of hydrogen-bond donors (Lipinski definition) is 5. The normalized spacial score (nSPS) is 15.2. The Morgan fingerprint density at radius 3 is 1.69 bits per heavy atom. The van der Waals surface area contributed by atoms with Crippen LogP contribution in [0.4, 0.5) is 27.5 Å².